The summed E-state index contributed by atoms with van der Waals surface area (Å²) in [4.78, 5) is 49.1. The van der Waals surface area contributed by atoms with Crippen molar-refractivity contribution in [2.45, 2.75) is 77.0 Å². The van der Waals surface area contributed by atoms with Gasteiger partial charge in [0.05, 0.1) is 5.54 Å². The third-order valence-corrected chi connectivity index (χ3v) is 7.10. The quantitative estimate of drug-likeness (QED) is 0.228. The lowest BCUT2D eigenvalue weighted by atomic mass is 9.91. The number of aliphatic carboxylic acids is 1. The molecule has 10 nitrogen and oxygen atoms in total. The highest BCUT2D eigenvalue weighted by Crippen LogP contribution is 2.22. The summed E-state index contributed by atoms with van der Waals surface area (Å²) in [5.74, 6) is -1.80. The van der Waals surface area contributed by atoms with E-state index in [4.69, 9.17) is 9.84 Å². The van der Waals surface area contributed by atoms with Gasteiger partial charge in [-0.05, 0) is 74.9 Å². The minimum Gasteiger partial charge on any atom is -0.492 e. The summed E-state index contributed by atoms with van der Waals surface area (Å²) in [6.45, 7) is 7.10. The van der Waals surface area contributed by atoms with E-state index in [-0.39, 0.29) is 30.8 Å². The zero-order chi connectivity index (χ0) is 29.1. The maximum Gasteiger partial charge on any atom is 0.303 e. The van der Waals surface area contributed by atoms with E-state index in [9.17, 15) is 19.2 Å². The second kappa shape index (κ2) is 14.5. The van der Waals surface area contributed by atoms with Crippen LogP contribution < -0.4 is 26.0 Å². The molecule has 0 spiro atoms. The van der Waals surface area contributed by atoms with Crippen LogP contribution in [0.2, 0.25) is 0 Å². The molecule has 40 heavy (non-hydrogen) atoms. The number of rotatable bonds is 15. The van der Waals surface area contributed by atoms with E-state index in [0.29, 0.717) is 19.4 Å². The highest BCUT2D eigenvalue weighted by Gasteiger charge is 2.32. The Labute approximate surface area is 235 Å². The number of aryl methyl sites for hydroxylation is 2. The lowest BCUT2D eigenvalue weighted by molar-refractivity contribution is -0.138. The van der Waals surface area contributed by atoms with Crippen molar-refractivity contribution in [2.24, 2.45) is 0 Å². The van der Waals surface area contributed by atoms with E-state index in [1.54, 1.807) is 0 Å². The van der Waals surface area contributed by atoms with Crippen LogP contribution in [-0.4, -0.2) is 59.6 Å². The number of carboxylic acid groups (broad SMARTS) is 1. The highest BCUT2D eigenvalue weighted by molar-refractivity contribution is 5.92. The third kappa shape index (κ3) is 9.68. The van der Waals surface area contributed by atoms with Crippen molar-refractivity contribution in [2.75, 3.05) is 13.2 Å². The maximum atomic E-state index is 13.3. The standard InChI is InChI=1S/C30H40N4O6/c1-20-9-11-24(40-19-30(3)15-16-32-30)17-23(20)18-31-28(38)25(12-10-22-7-5-4-6-8-22)34-29(39)26(33-21(2)35)13-14-27(36)37/h4-9,11,17,25-26,32H,10,12-16,18-19H2,1-3H3,(H,31,38)(H,33,35)(H,34,39)(H,36,37). The van der Waals surface area contributed by atoms with Gasteiger partial charge in [-0.2, -0.15) is 0 Å². The molecule has 1 saturated heterocycles. The first-order chi connectivity index (χ1) is 19.0. The first kappa shape index (κ1) is 30.6. The summed E-state index contributed by atoms with van der Waals surface area (Å²) in [5.41, 5.74) is 2.87. The molecule has 3 atom stereocenters. The van der Waals surface area contributed by atoms with Crippen LogP contribution in [0.4, 0.5) is 0 Å². The Balaban J connectivity index is 1.68. The van der Waals surface area contributed by atoms with Crippen molar-refractivity contribution in [3.8, 4) is 5.75 Å². The fraction of sp³-hybridized carbons (Fsp3) is 0.467. The van der Waals surface area contributed by atoms with E-state index in [0.717, 1.165) is 35.4 Å². The molecular weight excluding hydrogens is 512 g/mol. The number of nitrogens with one attached hydrogen (secondary N) is 4. The molecule has 2 aromatic rings. The number of carboxylic acids is 1. The second-order valence-corrected chi connectivity index (χ2v) is 10.6. The van der Waals surface area contributed by atoms with Gasteiger partial charge in [0.2, 0.25) is 17.7 Å². The van der Waals surface area contributed by atoms with Crippen molar-refractivity contribution in [3.05, 3.63) is 65.2 Å². The van der Waals surface area contributed by atoms with Crippen molar-refractivity contribution < 1.29 is 29.0 Å². The summed E-state index contributed by atoms with van der Waals surface area (Å²) in [5, 5.41) is 20.6. The van der Waals surface area contributed by atoms with Crippen LogP contribution in [0.15, 0.2) is 48.5 Å². The van der Waals surface area contributed by atoms with Gasteiger partial charge in [0.1, 0.15) is 24.4 Å². The van der Waals surface area contributed by atoms with Gasteiger partial charge in [0, 0.05) is 19.9 Å². The van der Waals surface area contributed by atoms with Crippen LogP contribution in [-0.2, 0) is 32.1 Å². The Kier molecular flexibility index (Phi) is 11.1. The number of amides is 3. The van der Waals surface area contributed by atoms with Gasteiger partial charge in [-0.3, -0.25) is 19.2 Å². The number of carbonyl (C=O) groups is 4. The van der Waals surface area contributed by atoms with Gasteiger partial charge in [-0.15, -0.1) is 0 Å². The average Bonchev–Trinajstić information content (AvgIpc) is 2.91. The number of benzene rings is 2. The van der Waals surface area contributed by atoms with Gasteiger partial charge < -0.3 is 31.1 Å². The first-order valence-electron chi connectivity index (χ1n) is 13.6. The van der Waals surface area contributed by atoms with Gasteiger partial charge in [-0.1, -0.05) is 36.4 Å². The van der Waals surface area contributed by atoms with Crippen LogP contribution in [0, 0.1) is 6.92 Å². The molecule has 1 heterocycles. The van der Waals surface area contributed by atoms with Crippen LogP contribution in [0.25, 0.3) is 0 Å². The van der Waals surface area contributed by atoms with E-state index in [1.807, 2.05) is 55.5 Å². The number of carbonyl (C=O) groups excluding carboxylic acids is 3. The third-order valence-electron chi connectivity index (χ3n) is 7.10. The summed E-state index contributed by atoms with van der Waals surface area (Å²) < 4.78 is 5.99. The molecule has 3 unspecified atom stereocenters. The van der Waals surface area contributed by atoms with E-state index in [2.05, 4.69) is 28.2 Å². The molecule has 1 fully saturated rings. The lowest BCUT2D eigenvalue weighted by Crippen LogP contribution is -2.58. The Bertz CT molecular complexity index is 1180. The fourth-order valence-corrected chi connectivity index (χ4v) is 4.43. The largest absolute Gasteiger partial charge is 0.492 e. The van der Waals surface area contributed by atoms with E-state index >= 15 is 0 Å². The Morgan fingerprint density at radius 1 is 1.02 bits per heavy atom. The molecule has 1 aliphatic rings. The predicted octanol–water partition coefficient (Wildman–Crippen LogP) is 2.23. The molecule has 216 valence electrons. The topological polar surface area (TPSA) is 146 Å². The summed E-state index contributed by atoms with van der Waals surface area (Å²) in [6.07, 6.45) is 1.52. The van der Waals surface area contributed by atoms with E-state index < -0.39 is 29.9 Å². The van der Waals surface area contributed by atoms with Gasteiger partial charge in [0.15, 0.2) is 0 Å². The smallest absolute Gasteiger partial charge is 0.303 e. The zero-order valence-corrected chi connectivity index (χ0v) is 23.4. The molecule has 10 heteroatoms. The van der Waals surface area contributed by atoms with Crippen molar-refractivity contribution >= 4 is 23.7 Å². The SMILES string of the molecule is CC(=O)NC(CCC(=O)O)C(=O)NC(CCc1ccccc1)C(=O)NCc1cc(OCC2(C)CCN2)ccc1C. The molecule has 3 amide bonds. The Hall–Kier alpha value is -3.92. The first-order valence-corrected chi connectivity index (χ1v) is 13.6. The second-order valence-electron chi connectivity index (χ2n) is 10.6. The van der Waals surface area contributed by atoms with Crippen molar-refractivity contribution in [1.82, 2.24) is 21.3 Å². The molecule has 0 aliphatic carbocycles. The maximum absolute atomic E-state index is 13.3. The fourth-order valence-electron chi connectivity index (χ4n) is 4.43. The normalized spacial score (nSPS) is 17.6. The average molecular weight is 553 g/mol. The number of hydrogen-bond donors (Lipinski definition) is 5. The van der Waals surface area contributed by atoms with Crippen LogP contribution in [0.3, 0.4) is 0 Å². The molecule has 0 aromatic heterocycles. The Morgan fingerprint density at radius 3 is 2.35 bits per heavy atom. The lowest BCUT2D eigenvalue weighted by Gasteiger charge is -2.39. The van der Waals surface area contributed by atoms with Crippen LogP contribution >= 0.6 is 0 Å². The van der Waals surface area contributed by atoms with Crippen LogP contribution in [0.5, 0.6) is 5.75 Å². The molecule has 0 saturated carbocycles. The number of hydrogen-bond acceptors (Lipinski definition) is 6. The van der Waals surface area contributed by atoms with E-state index in [1.165, 1.54) is 6.92 Å². The summed E-state index contributed by atoms with van der Waals surface area (Å²) >= 11 is 0. The van der Waals surface area contributed by atoms with Gasteiger partial charge in [0.25, 0.3) is 0 Å². The Morgan fingerprint density at radius 2 is 1.73 bits per heavy atom. The minimum absolute atomic E-state index is 0.0248. The van der Waals surface area contributed by atoms with Crippen LogP contribution in [0.1, 0.15) is 56.2 Å². The zero-order valence-electron chi connectivity index (χ0n) is 23.4. The predicted molar refractivity (Wildman–Crippen MR) is 151 cm³/mol. The van der Waals surface area contributed by atoms with Gasteiger partial charge >= 0.3 is 5.97 Å². The van der Waals surface area contributed by atoms with Crippen molar-refractivity contribution in [3.63, 3.8) is 0 Å². The van der Waals surface area contributed by atoms with Crippen molar-refractivity contribution in [1.29, 1.82) is 0 Å². The summed E-state index contributed by atoms with van der Waals surface area (Å²) in [6, 6.07) is 13.4. The monoisotopic (exact) mass is 552 g/mol. The number of ether oxygens (including phenoxy) is 1. The molecular formula is C30H40N4O6. The summed E-state index contributed by atoms with van der Waals surface area (Å²) in [7, 11) is 0. The molecule has 3 rings (SSSR count). The minimum atomic E-state index is -1.08. The van der Waals surface area contributed by atoms with Gasteiger partial charge in [-0.25, -0.2) is 0 Å². The highest BCUT2D eigenvalue weighted by atomic mass is 16.5. The molecule has 1 aliphatic heterocycles. The molecule has 0 bridgehead atoms. The molecule has 5 N–H and O–H groups in total. The molecule has 0 radical (unpaired) electrons. The molecule has 2 aromatic carbocycles.